The number of carbonyl (C=O) groups is 1. The second-order valence-corrected chi connectivity index (χ2v) is 6.95. The Hall–Kier alpha value is -0.250. The van der Waals surface area contributed by atoms with Crippen LogP contribution in [0.15, 0.2) is 18.2 Å². The minimum Gasteiger partial charge on any atom is -0.341 e. The summed E-state index contributed by atoms with van der Waals surface area (Å²) in [4.78, 5) is 14.6. The van der Waals surface area contributed by atoms with E-state index in [-0.39, 0.29) is 5.91 Å². The molecule has 0 bridgehead atoms. The molecule has 0 unspecified atom stereocenters. The van der Waals surface area contributed by atoms with E-state index in [2.05, 4.69) is 15.9 Å². The number of carbonyl (C=O) groups excluding carboxylic acids is 1. The first-order valence-electron chi connectivity index (χ1n) is 5.81. The van der Waals surface area contributed by atoms with Crippen LogP contribution in [0.25, 0.3) is 0 Å². The van der Waals surface area contributed by atoms with Gasteiger partial charge in [-0.2, -0.15) is 0 Å². The van der Waals surface area contributed by atoms with E-state index in [1.54, 1.807) is 23.1 Å². The number of hydrogen-bond acceptors (Lipinski definition) is 1. The summed E-state index contributed by atoms with van der Waals surface area (Å²) in [6, 6.07) is 4.93. The van der Waals surface area contributed by atoms with Gasteiger partial charge in [-0.25, -0.2) is 0 Å². The first-order chi connectivity index (χ1) is 8.45. The second-order valence-electron chi connectivity index (χ2n) is 4.78. The van der Waals surface area contributed by atoms with Crippen molar-refractivity contribution in [1.82, 2.24) is 4.90 Å². The van der Waals surface area contributed by atoms with Gasteiger partial charge in [-0.3, -0.25) is 4.79 Å². The molecule has 1 amide bonds. The lowest BCUT2D eigenvalue weighted by atomic mass is 9.85. The number of benzene rings is 1. The van der Waals surface area contributed by atoms with Gasteiger partial charge in [-0.1, -0.05) is 39.1 Å². The molecular weight excluding hydrogens is 337 g/mol. The van der Waals surface area contributed by atoms with Gasteiger partial charge < -0.3 is 4.90 Å². The zero-order valence-electron chi connectivity index (χ0n) is 10.00. The molecule has 1 aromatic rings. The lowest BCUT2D eigenvalue weighted by Crippen LogP contribution is -2.37. The molecule has 2 rings (SSSR count). The van der Waals surface area contributed by atoms with Gasteiger partial charge in [0.25, 0.3) is 5.91 Å². The van der Waals surface area contributed by atoms with E-state index >= 15 is 0 Å². The predicted molar refractivity (Wildman–Crippen MR) is 78.9 cm³/mol. The van der Waals surface area contributed by atoms with Gasteiger partial charge in [0, 0.05) is 34.0 Å². The van der Waals surface area contributed by atoms with Crippen LogP contribution in [-0.4, -0.2) is 29.2 Å². The van der Waals surface area contributed by atoms with Gasteiger partial charge in [0.1, 0.15) is 0 Å². The molecule has 0 spiro atoms. The van der Waals surface area contributed by atoms with E-state index in [9.17, 15) is 4.79 Å². The van der Waals surface area contributed by atoms with Gasteiger partial charge in [0.05, 0.1) is 0 Å². The molecule has 1 aliphatic rings. The predicted octanol–water partition coefficient (Wildman–Crippen LogP) is 4.24. The van der Waals surface area contributed by atoms with Crippen molar-refractivity contribution in [3.05, 3.63) is 33.8 Å². The Kier molecular flexibility index (Phi) is 4.57. The smallest absolute Gasteiger partial charge is 0.253 e. The highest BCUT2D eigenvalue weighted by Gasteiger charge is 2.29. The maximum atomic E-state index is 12.2. The highest BCUT2D eigenvalue weighted by molar-refractivity contribution is 9.09. The number of rotatable bonds is 3. The van der Waals surface area contributed by atoms with Crippen molar-refractivity contribution in [2.45, 2.75) is 17.7 Å². The van der Waals surface area contributed by atoms with Crippen LogP contribution in [0.4, 0.5) is 0 Å². The molecule has 18 heavy (non-hydrogen) atoms. The van der Waals surface area contributed by atoms with E-state index in [1.807, 2.05) is 7.05 Å². The van der Waals surface area contributed by atoms with Crippen molar-refractivity contribution in [2.24, 2.45) is 5.92 Å². The summed E-state index contributed by atoms with van der Waals surface area (Å²) in [6.45, 7) is 0.783. The molecule has 0 aromatic heterocycles. The monoisotopic (exact) mass is 349 g/mol. The van der Waals surface area contributed by atoms with Crippen molar-refractivity contribution >= 4 is 45.0 Å². The number of nitrogens with zero attached hydrogens (tertiary/aromatic N) is 1. The molecule has 0 N–H and O–H groups in total. The zero-order chi connectivity index (χ0) is 13.3. The number of alkyl halides is 1. The molecule has 1 aromatic carbocycles. The summed E-state index contributed by atoms with van der Waals surface area (Å²) in [5.74, 6) is 0.565. The molecule has 1 fully saturated rings. The van der Waals surface area contributed by atoms with E-state index in [0.29, 0.717) is 26.4 Å². The topological polar surface area (TPSA) is 20.3 Å². The Morgan fingerprint density at radius 3 is 2.39 bits per heavy atom. The number of halogens is 3. The average Bonchev–Trinajstić information content (AvgIpc) is 2.24. The highest BCUT2D eigenvalue weighted by atomic mass is 79.9. The Balaban J connectivity index is 2.01. The maximum Gasteiger partial charge on any atom is 0.253 e. The van der Waals surface area contributed by atoms with Gasteiger partial charge >= 0.3 is 0 Å². The molecule has 0 aliphatic heterocycles. The Bertz CT molecular complexity index is 440. The summed E-state index contributed by atoms with van der Waals surface area (Å²) in [7, 11) is 1.82. The summed E-state index contributed by atoms with van der Waals surface area (Å²) >= 11 is 15.4. The lowest BCUT2D eigenvalue weighted by molar-refractivity contribution is 0.0749. The third kappa shape index (κ3) is 3.40. The molecule has 2 nitrogen and oxygen atoms in total. The molecule has 0 heterocycles. The van der Waals surface area contributed by atoms with Crippen LogP contribution in [0.1, 0.15) is 23.2 Å². The fraction of sp³-hybridized carbons (Fsp3) is 0.462. The molecule has 5 heteroatoms. The summed E-state index contributed by atoms with van der Waals surface area (Å²) in [6.07, 6.45) is 2.27. The molecule has 1 saturated carbocycles. The van der Waals surface area contributed by atoms with Crippen molar-refractivity contribution in [3.63, 3.8) is 0 Å². The first-order valence-corrected chi connectivity index (χ1v) is 7.48. The largest absolute Gasteiger partial charge is 0.341 e. The minimum atomic E-state index is -0.0302. The van der Waals surface area contributed by atoms with Gasteiger partial charge in [-0.05, 0) is 37.0 Å². The highest BCUT2D eigenvalue weighted by Crippen LogP contribution is 2.33. The van der Waals surface area contributed by atoms with Crippen LogP contribution in [-0.2, 0) is 0 Å². The van der Waals surface area contributed by atoms with Crippen LogP contribution < -0.4 is 0 Å². The fourth-order valence-electron chi connectivity index (χ4n) is 2.17. The maximum absolute atomic E-state index is 12.2. The van der Waals surface area contributed by atoms with Gasteiger partial charge in [0.15, 0.2) is 0 Å². The van der Waals surface area contributed by atoms with Crippen LogP contribution in [0.2, 0.25) is 10.0 Å². The van der Waals surface area contributed by atoms with Crippen LogP contribution >= 0.6 is 39.1 Å². The van der Waals surface area contributed by atoms with Crippen molar-refractivity contribution < 1.29 is 4.79 Å². The van der Waals surface area contributed by atoms with Gasteiger partial charge in [0.2, 0.25) is 0 Å². The van der Waals surface area contributed by atoms with E-state index < -0.39 is 0 Å². The quantitative estimate of drug-likeness (QED) is 0.746. The lowest BCUT2D eigenvalue weighted by Gasteiger charge is -2.34. The second kappa shape index (κ2) is 5.81. The molecule has 98 valence electrons. The first kappa shape index (κ1) is 14.2. The number of amides is 1. The van der Waals surface area contributed by atoms with Crippen LogP contribution in [0.5, 0.6) is 0 Å². The molecule has 0 radical (unpaired) electrons. The Labute approximate surface area is 125 Å². The van der Waals surface area contributed by atoms with Crippen LogP contribution in [0.3, 0.4) is 0 Å². The Morgan fingerprint density at radius 2 is 1.89 bits per heavy atom. The van der Waals surface area contributed by atoms with Crippen molar-refractivity contribution in [2.75, 3.05) is 13.6 Å². The average molecular weight is 351 g/mol. The van der Waals surface area contributed by atoms with Crippen LogP contribution in [0, 0.1) is 5.92 Å². The molecular formula is C13H14BrCl2NO. The normalized spacial score (nSPS) is 22.4. The minimum absolute atomic E-state index is 0.0302. The van der Waals surface area contributed by atoms with Crippen molar-refractivity contribution in [3.8, 4) is 0 Å². The van der Waals surface area contributed by atoms with E-state index in [0.717, 1.165) is 19.4 Å². The van der Waals surface area contributed by atoms with Gasteiger partial charge in [-0.15, -0.1) is 0 Å². The van der Waals surface area contributed by atoms with E-state index in [4.69, 9.17) is 23.2 Å². The summed E-state index contributed by atoms with van der Waals surface area (Å²) < 4.78 is 0. The molecule has 1 aliphatic carbocycles. The summed E-state index contributed by atoms with van der Waals surface area (Å²) in [5, 5.41) is 0.979. The fourth-order valence-corrected chi connectivity index (χ4v) is 3.75. The van der Waals surface area contributed by atoms with E-state index in [1.165, 1.54) is 0 Å². The Morgan fingerprint density at radius 1 is 1.33 bits per heavy atom. The number of hydrogen-bond donors (Lipinski definition) is 0. The molecule has 0 atom stereocenters. The molecule has 0 saturated heterocycles. The standard InChI is InChI=1S/C13H14BrCl2NO/c1-17(7-8-2-10(14)3-8)13(18)9-4-11(15)6-12(16)5-9/h4-6,8,10H,2-3,7H2,1H3. The zero-order valence-corrected chi connectivity index (χ0v) is 13.1. The summed E-state index contributed by atoms with van der Waals surface area (Å²) in [5.41, 5.74) is 0.546. The van der Waals surface area contributed by atoms with Crippen molar-refractivity contribution in [1.29, 1.82) is 0 Å². The third-order valence-corrected chi connectivity index (χ3v) is 4.35. The third-order valence-electron chi connectivity index (χ3n) is 3.17. The SMILES string of the molecule is CN(CC1CC(Br)C1)C(=O)c1cc(Cl)cc(Cl)c1.